The smallest absolute Gasteiger partial charge is 0.253 e. The number of H-pyrrole nitrogens is 1. The van der Waals surface area contributed by atoms with Gasteiger partial charge < -0.3 is 10.7 Å². The Morgan fingerprint density at radius 2 is 2.25 bits per heavy atom. The molecule has 0 spiro atoms. The molecule has 0 unspecified atom stereocenters. The molecule has 3 N–H and O–H groups in total. The fraction of sp³-hybridized carbons (Fsp3) is 0. The van der Waals surface area contributed by atoms with Gasteiger partial charge in [0.1, 0.15) is 10.8 Å². The number of aromatic amines is 1. The number of hydrogen-bond acceptors (Lipinski definition) is 5. The molecule has 0 atom stereocenters. The maximum atomic E-state index is 11.1. The molecule has 2 aromatic heterocycles. The van der Waals surface area contributed by atoms with E-state index in [1.807, 2.05) is 12.1 Å². The lowest BCUT2D eigenvalue weighted by atomic mass is 10.5. The Morgan fingerprint density at radius 3 is 2.88 bits per heavy atom. The van der Waals surface area contributed by atoms with Gasteiger partial charge in [-0.2, -0.15) is 0 Å². The van der Waals surface area contributed by atoms with Gasteiger partial charge in [-0.1, -0.05) is 0 Å². The molecule has 0 bridgehead atoms. The van der Waals surface area contributed by atoms with Gasteiger partial charge in [-0.3, -0.25) is 4.79 Å². The van der Waals surface area contributed by atoms with Gasteiger partial charge >= 0.3 is 0 Å². The Kier molecular flexibility index (Phi) is 3.25. The monoisotopic (exact) mass is 298 g/mol. The summed E-state index contributed by atoms with van der Waals surface area (Å²) in [5, 5.41) is 1.16. The maximum Gasteiger partial charge on any atom is 0.253 e. The summed E-state index contributed by atoms with van der Waals surface area (Å²) in [6.45, 7) is 0. The highest BCUT2D eigenvalue weighted by Gasteiger charge is 2.02. The van der Waals surface area contributed by atoms with Gasteiger partial charge in [-0.05, 0) is 39.8 Å². The summed E-state index contributed by atoms with van der Waals surface area (Å²) in [4.78, 5) is 21.8. The van der Waals surface area contributed by atoms with Crippen LogP contribution in [0.2, 0.25) is 0 Å². The van der Waals surface area contributed by atoms with Gasteiger partial charge in [0, 0.05) is 16.7 Å². The number of nitrogens with zero attached hydrogens (tertiary/aromatic N) is 2. The zero-order valence-corrected chi connectivity index (χ0v) is 10.4. The lowest BCUT2D eigenvalue weighted by Gasteiger charge is -2.00. The van der Waals surface area contributed by atoms with Crippen molar-refractivity contribution in [1.82, 2.24) is 15.0 Å². The molecule has 0 aliphatic rings. The summed E-state index contributed by atoms with van der Waals surface area (Å²) in [7, 11) is 0. The predicted octanol–water partition coefficient (Wildman–Crippen LogP) is 1.66. The molecule has 0 aliphatic heterocycles. The third kappa shape index (κ3) is 2.83. The van der Waals surface area contributed by atoms with Gasteiger partial charge in [0.05, 0.1) is 0 Å². The Bertz CT molecular complexity index is 554. The molecule has 0 saturated carbocycles. The van der Waals surface area contributed by atoms with Gasteiger partial charge in [0.2, 0.25) is 0 Å². The number of aromatic nitrogens is 3. The van der Waals surface area contributed by atoms with Crippen LogP contribution in [0.15, 0.2) is 43.8 Å². The molecule has 0 aromatic carbocycles. The summed E-state index contributed by atoms with van der Waals surface area (Å²) >= 11 is 4.53. The molecule has 0 amide bonds. The molecule has 0 aliphatic carbocycles. The number of anilines is 1. The quantitative estimate of drug-likeness (QED) is 0.824. The van der Waals surface area contributed by atoms with Crippen LogP contribution in [0.4, 0.5) is 5.82 Å². The van der Waals surface area contributed by atoms with E-state index in [1.54, 1.807) is 6.20 Å². The zero-order chi connectivity index (χ0) is 11.5. The molecular formula is C9H7BrN4OS. The summed E-state index contributed by atoms with van der Waals surface area (Å²) in [6.07, 6.45) is 1.67. The molecule has 82 valence electrons. The highest BCUT2D eigenvalue weighted by Crippen LogP contribution is 2.22. The van der Waals surface area contributed by atoms with Gasteiger partial charge in [0.15, 0.2) is 5.16 Å². The van der Waals surface area contributed by atoms with Crippen LogP contribution in [0.1, 0.15) is 0 Å². The fourth-order valence-electron chi connectivity index (χ4n) is 1.02. The van der Waals surface area contributed by atoms with E-state index in [1.165, 1.54) is 17.8 Å². The molecule has 2 heterocycles. The van der Waals surface area contributed by atoms with Crippen LogP contribution in [0, 0.1) is 0 Å². The average molecular weight is 299 g/mol. The van der Waals surface area contributed by atoms with Crippen LogP contribution in [0.3, 0.4) is 0 Å². The highest BCUT2D eigenvalue weighted by molar-refractivity contribution is 9.10. The van der Waals surface area contributed by atoms with Crippen molar-refractivity contribution in [3.05, 3.63) is 39.2 Å². The van der Waals surface area contributed by atoms with Crippen LogP contribution in [-0.4, -0.2) is 15.0 Å². The first-order valence-electron chi connectivity index (χ1n) is 4.30. The Hall–Kier alpha value is -1.34. The van der Waals surface area contributed by atoms with Gasteiger partial charge in [0.25, 0.3) is 5.56 Å². The molecule has 0 fully saturated rings. The normalized spacial score (nSPS) is 10.3. The Balaban J connectivity index is 2.26. The summed E-state index contributed by atoms with van der Waals surface area (Å²) in [5.74, 6) is 0.198. The van der Waals surface area contributed by atoms with E-state index in [2.05, 4.69) is 30.9 Å². The second-order valence-corrected chi connectivity index (χ2v) is 4.82. The third-order valence-corrected chi connectivity index (χ3v) is 2.95. The van der Waals surface area contributed by atoms with Gasteiger partial charge in [-0.25, -0.2) is 9.97 Å². The SMILES string of the molecule is Nc1cc(=O)[nH]c(Sc2ccc(Br)cn2)n1. The van der Waals surface area contributed by atoms with Crippen molar-refractivity contribution in [2.45, 2.75) is 10.2 Å². The first kappa shape index (κ1) is 11.2. The topological polar surface area (TPSA) is 84.7 Å². The first-order chi connectivity index (χ1) is 7.63. The zero-order valence-electron chi connectivity index (χ0n) is 7.98. The van der Waals surface area contributed by atoms with Crippen molar-refractivity contribution in [1.29, 1.82) is 0 Å². The van der Waals surface area contributed by atoms with E-state index in [0.29, 0.717) is 5.16 Å². The minimum atomic E-state index is -0.271. The minimum absolute atomic E-state index is 0.198. The van der Waals surface area contributed by atoms with Crippen LogP contribution in [0.5, 0.6) is 0 Å². The molecule has 5 nitrogen and oxygen atoms in total. The van der Waals surface area contributed by atoms with Gasteiger partial charge in [-0.15, -0.1) is 0 Å². The average Bonchev–Trinajstić information content (AvgIpc) is 2.20. The van der Waals surface area contributed by atoms with E-state index in [9.17, 15) is 4.79 Å². The van der Waals surface area contributed by atoms with Crippen LogP contribution in [-0.2, 0) is 0 Å². The predicted molar refractivity (Wildman–Crippen MR) is 65.3 cm³/mol. The molecule has 2 rings (SSSR count). The van der Waals surface area contributed by atoms with E-state index in [4.69, 9.17) is 5.73 Å². The number of halogens is 1. The number of rotatable bonds is 2. The van der Waals surface area contributed by atoms with Crippen molar-refractivity contribution in [2.75, 3.05) is 5.73 Å². The van der Waals surface area contributed by atoms with Crippen LogP contribution in [0.25, 0.3) is 0 Å². The molecule has 0 radical (unpaired) electrons. The highest BCUT2D eigenvalue weighted by atomic mass is 79.9. The number of pyridine rings is 1. The largest absolute Gasteiger partial charge is 0.383 e. The summed E-state index contributed by atoms with van der Waals surface area (Å²) in [5.41, 5.74) is 5.19. The summed E-state index contributed by atoms with van der Waals surface area (Å²) in [6, 6.07) is 4.91. The lowest BCUT2D eigenvalue weighted by Crippen LogP contribution is -2.09. The molecule has 2 aromatic rings. The van der Waals surface area contributed by atoms with Crippen molar-refractivity contribution >= 4 is 33.5 Å². The molecular weight excluding hydrogens is 292 g/mol. The number of nitrogen functional groups attached to an aromatic ring is 1. The van der Waals surface area contributed by atoms with E-state index >= 15 is 0 Å². The van der Waals surface area contributed by atoms with E-state index in [-0.39, 0.29) is 11.4 Å². The third-order valence-electron chi connectivity index (χ3n) is 1.64. The van der Waals surface area contributed by atoms with E-state index in [0.717, 1.165) is 9.50 Å². The Labute approximate surface area is 104 Å². The molecule has 0 saturated heterocycles. The van der Waals surface area contributed by atoms with Crippen molar-refractivity contribution < 1.29 is 0 Å². The van der Waals surface area contributed by atoms with E-state index < -0.39 is 0 Å². The standard InChI is InChI=1S/C9H7BrN4OS/c10-5-1-2-8(12-4-5)16-9-13-6(11)3-7(15)14-9/h1-4H,(H3,11,13,14,15). The number of nitrogens with one attached hydrogen (secondary N) is 1. The summed E-state index contributed by atoms with van der Waals surface area (Å²) < 4.78 is 0.894. The maximum absolute atomic E-state index is 11.1. The number of hydrogen-bond donors (Lipinski definition) is 2. The van der Waals surface area contributed by atoms with Crippen molar-refractivity contribution in [3.8, 4) is 0 Å². The molecule has 16 heavy (non-hydrogen) atoms. The van der Waals surface area contributed by atoms with Crippen molar-refractivity contribution in [3.63, 3.8) is 0 Å². The lowest BCUT2D eigenvalue weighted by molar-refractivity contribution is 0.940. The van der Waals surface area contributed by atoms with Crippen molar-refractivity contribution in [2.24, 2.45) is 0 Å². The second kappa shape index (κ2) is 4.67. The van der Waals surface area contributed by atoms with Crippen LogP contribution >= 0.6 is 27.7 Å². The second-order valence-electron chi connectivity index (χ2n) is 2.89. The molecule has 7 heteroatoms. The first-order valence-corrected chi connectivity index (χ1v) is 5.91. The minimum Gasteiger partial charge on any atom is -0.383 e. The number of nitrogens with two attached hydrogens (primary N) is 1. The Morgan fingerprint density at radius 1 is 1.44 bits per heavy atom. The fourth-order valence-corrected chi connectivity index (χ4v) is 2.00. The van der Waals surface area contributed by atoms with Crippen LogP contribution < -0.4 is 11.3 Å².